The van der Waals surface area contributed by atoms with E-state index >= 15 is 0 Å². The van der Waals surface area contributed by atoms with Gasteiger partial charge in [0.25, 0.3) is 23.6 Å². The lowest BCUT2D eigenvalue weighted by molar-refractivity contribution is -0.108. The lowest BCUT2D eigenvalue weighted by Gasteiger charge is -2.61. The van der Waals surface area contributed by atoms with Crippen LogP contribution < -0.4 is 30.7 Å². The number of anilines is 2. The number of hydrogen-bond donors (Lipinski definition) is 4. The molecular formula is C68H90N10O6. The summed E-state index contributed by atoms with van der Waals surface area (Å²) in [6.45, 7) is 28.9. The molecule has 10 aliphatic rings. The smallest absolute Gasteiger partial charge is 0.261 e. The molecule has 0 radical (unpaired) electrons. The molecule has 10 atom stereocenters. The maximum Gasteiger partial charge on any atom is 0.261 e. The van der Waals surface area contributed by atoms with Crippen LogP contribution in [0.5, 0.6) is 11.5 Å². The summed E-state index contributed by atoms with van der Waals surface area (Å²) in [5.41, 5.74) is 8.70. The van der Waals surface area contributed by atoms with Crippen LogP contribution in [0.25, 0.3) is 0 Å². The molecule has 448 valence electrons. The Labute approximate surface area is 498 Å². The average Bonchev–Trinajstić information content (AvgIpc) is 1.78. The number of hydrogen-bond acceptors (Lipinski definition) is 10. The highest BCUT2D eigenvalue weighted by molar-refractivity contribution is 6.22. The minimum absolute atomic E-state index is 0.205. The van der Waals surface area contributed by atoms with Crippen molar-refractivity contribution < 1.29 is 28.7 Å². The molecule has 0 aromatic heterocycles. The number of aliphatic imine (C=N–C) groups is 2. The number of guanidine groups is 2. The summed E-state index contributed by atoms with van der Waals surface area (Å²) in [5, 5.41) is 14.3. The summed E-state index contributed by atoms with van der Waals surface area (Å²) < 4.78 is 10.8. The van der Waals surface area contributed by atoms with Crippen molar-refractivity contribution in [3.63, 3.8) is 0 Å². The molecule has 4 aromatic rings. The van der Waals surface area contributed by atoms with Crippen molar-refractivity contribution in [3.05, 3.63) is 117 Å². The van der Waals surface area contributed by atoms with Crippen molar-refractivity contribution >= 4 is 46.9 Å². The van der Waals surface area contributed by atoms with E-state index in [1.54, 1.807) is 26.4 Å². The molecule has 6 saturated carbocycles. The van der Waals surface area contributed by atoms with Gasteiger partial charge in [0.1, 0.15) is 11.5 Å². The quantitative estimate of drug-likeness (QED) is 0.0602. The maximum absolute atomic E-state index is 13.5. The standard InChI is InChI=1S/C34H45N5O4.C34H45N5O2/c1-20-19-38(14-12-35-20)33(37-29-16-23-15-28(21(29)2)34(23,3)4)36-24-8-10-26-27(17-24)32(41)39(31(26)40)13-11-22-7-9-25(42-5)18-30(22)43-6;1-20-7-8-24(21(2)15-20)11-13-39-31(40)27-10-9-26(18-28(27)32(39)41)36-33(38-14-12-35-22(3)19-38)37-30-17-25-16-29(23(30)4)34(25,5)6/h7-10,17-18,20-21,23,28-29,35H,11-16,19H2,1-6H3,(H,36,37);7-10,15,18,22-23,25,29-30,35H,11-14,16-17,19H2,1-6H3,(H,36,37)/t20-,21-,23+,28-,29-;22?,23-,25+,29-,30-/m00/s1. The number of aryl methyl sites for hydroxylation is 2. The van der Waals surface area contributed by atoms with E-state index in [-0.39, 0.29) is 42.3 Å². The number of carbonyl (C=O) groups is 4. The van der Waals surface area contributed by atoms with Crippen LogP contribution in [0.1, 0.15) is 145 Å². The molecule has 0 spiro atoms. The van der Waals surface area contributed by atoms with Gasteiger partial charge in [0.05, 0.1) is 48.6 Å². The highest BCUT2D eigenvalue weighted by Crippen LogP contribution is 2.63. The number of methoxy groups -OCH3 is 2. The number of nitrogens with one attached hydrogen (secondary N) is 4. The Morgan fingerprint density at radius 2 is 1.04 bits per heavy atom. The van der Waals surface area contributed by atoms with Crippen LogP contribution in [0.2, 0.25) is 0 Å². The first-order valence-electron chi connectivity index (χ1n) is 31.1. The van der Waals surface area contributed by atoms with Gasteiger partial charge in [-0.3, -0.25) is 29.0 Å². The first-order chi connectivity index (χ1) is 40.1. The van der Waals surface area contributed by atoms with Crippen LogP contribution in [0, 0.1) is 60.2 Å². The Morgan fingerprint density at radius 1 is 0.571 bits per heavy atom. The largest absolute Gasteiger partial charge is 0.497 e. The summed E-state index contributed by atoms with van der Waals surface area (Å²) in [4.78, 5) is 71.6. The van der Waals surface area contributed by atoms with Crippen molar-refractivity contribution in [2.75, 3.05) is 77.2 Å². The molecule has 14 rings (SSSR count). The molecule has 6 aliphatic carbocycles. The Balaban J connectivity index is 0.000000176. The number of piperazine rings is 2. The number of imide groups is 2. The summed E-state index contributed by atoms with van der Waals surface area (Å²) in [6, 6.07) is 24.2. The number of rotatable bonds is 12. The lowest BCUT2D eigenvalue weighted by atomic mass is 9.45. The number of carbonyl (C=O) groups excluding carboxylic acids is 4. The zero-order valence-corrected chi connectivity index (χ0v) is 51.7. The zero-order chi connectivity index (χ0) is 59.5. The first-order valence-corrected chi connectivity index (χ1v) is 31.1. The van der Waals surface area contributed by atoms with Gasteiger partial charge in [-0.2, -0.15) is 0 Å². The Hall–Kier alpha value is -6.78. The van der Waals surface area contributed by atoms with E-state index in [0.717, 1.165) is 98.7 Å². The molecule has 84 heavy (non-hydrogen) atoms. The predicted octanol–water partition coefficient (Wildman–Crippen LogP) is 9.95. The fraction of sp³-hybridized carbons (Fsp3) is 0.559. The van der Waals surface area contributed by atoms with Gasteiger partial charge in [-0.1, -0.05) is 71.4 Å². The van der Waals surface area contributed by atoms with Crippen molar-refractivity contribution in [2.24, 2.45) is 56.3 Å². The SMILES string of the molecule is COc1ccc(CCN2C(=O)c3ccc(NC(=N[C@H]4C[C@H]5C[C@@H]([C@@H]4C)C5(C)C)N4CCN[C@@H](C)C4)cc3C2=O)c(OC)c1.Cc1ccc(CCN2C(=O)c3ccc(NC(=N[C@H]4C[C@H]5C[C@@H]([C@@H]4C)C5(C)C)N4CCNC(C)C4)cc3C2=O)c(C)c1. The minimum atomic E-state index is -0.270. The molecule has 8 fully saturated rings. The lowest BCUT2D eigenvalue weighted by Crippen LogP contribution is -2.57. The zero-order valence-electron chi connectivity index (χ0n) is 51.7. The number of benzene rings is 4. The maximum atomic E-state index is 13.5. The Morgan fingerprint density at radius 3 is 1.46 bits per heavy atom. The van der Waals surface area contributed by atoms with Gasteiger partial charge >= 0.3 is 0 Å². The molecule has 4 bridgehead atoms. The fourth-order valence-corrected chi connectivity index (χ4v) is 15.6. The van der Waals surface area contributed by atoms with Crippen LogP contribution >= 0.6 is 0 Å². The van der Waals surface area contributed by atoms with E-state index in [2.05, 4.69) is 119 Å². The molecule has 4 aliphatic heterocycles. The second-order valence-electron chi connectivity index (χ2n) is 27.0. The highest BCUT2D eigenvalue weighted by atomic mass is 16.5. The molecule has 16 nitrogen and oxygen atoms in total. The molecular weight excluding hydrogens is 1050 g/mol. The van der Waals surface area contributed by atoms with Gasteiger partial charge in [-0.15, -0.1) is 0 Å². The molecule has 4 amide bonds. The fourth-order valence-electron chi connectivity index (χ4n) is 15.6. The van der Waals surface area contributed by atoms with Crippen LogP contribution in [-0.2, 0) is 12.8 Å². The molecule has 16 heteroatoms. The number of fused-ring (bicyclic) bond motifs is 6. The van der Waals surface area contributed by atoms with Crippen LogP contribution in [0.3, 0.4) is 0 Å². The topological polar surface area (TPSA) is 173 Å². The van der Waals surface area contributed by atoms with Gasteiger partial charge in [0.15, 0.2) is 11.9 Å². The van der Waals surface area contributed by atoms with Crippen molar-refractivity contribution in [3.8, 4) is 11.5 Å². The number of nitrogens with zero attached hydrogens (tertiary/aromatic N) is 6. The van der Waals surface area contributed by atoms with E-state index in [4.69, 9.17) is 19.5 Å². The van der Waals surface area contributed by atoms with Crippen LogP contribution in [-0.4, -0.2) is 146 Å². The Bertz CT molecular complexity index is 3260. The van der Waals surface area contributed by atoms with E-state index < -0.39 is 0 Å². The third-order valence-electron chi connectivity index (χ3n) is 21.2. The molecule has 1 unspecified atom stereocenters. The molecule has 4 heterocycles. The molecule has 2 saturated heterocycles. The Kier molecular flexibility index (Phi) is 16.6. The molecule has 4 aromatic carbocycles. The number of ether oxygens (including phenoxy) is 2. The van der Waals surface area contributed by atoms with Crippen LogP contribution in [0.15, 0.2) is 82.8 Å². The predicted molar refractivity (Wildman–Crippen MR) is 333 cm³/mol. The van der Waals surface area contributed by atoms with E-state index in [9.17, 15) is 19.2 Å². The second kappa shape index (κ2) is 23.6. The van der Waals surface area contributed by atoms with Crippen molar-refractivity contribution in [2.45, 2.75) is 132 Å². The third-order valence-corrected chi connectivity index (χ3v) is 21.2. The van der Waals surface area contributed by atoms with Gasteiger partial charge < -0.3 is 40.5 Å². The van der Waals surface area contributed by atoms with Crippen LogP contribution in [0.4, 0.5) is 11.4 Å². The normalized spacial score (nSPS) is 28.4. The molecule has 4 N–H and O–H groups in total. The van der Waals surface area contributed by atoms with Gasteiger partial charge in [0.2, 0.25) is 0 Å². The summed E-state index contributed by atoms with van der Waals surface area (Å²) in [7, 11) is 3.21. The van der Waals surface area contributed by atoms with Gasteiger partial charge in [-0.25, -0.2) is 9.98 Å². The van der Waals surface area contributed by atoms with E-state index in [0.29, 0.717) is 93.8 Å². The summed E-state index contributed by atoms with van der Waals surface area (Å²) >= 11 is 0. The van der Waals surface area contributed by atoms with Gasteiger partial charge in [0, 0.05) is 81.9 Å². The van der Waals surface area contributed by atoms with Gasteiger partial charge in [-0.05, 0) is 172 Å². The van der Waals surface area contributed by atoms with Crippen molar-refractivity contribution in [1.29, 1.82) is 0 Å². The minimum Gasteiger partial charge on any atom is -0.497 e. The number of amides is 4. The second-order valence-corrected chi connectivity index (χ2v) is 27.0. The first kappa shape index (κ1) is 59.0. The summed E-state index contributed by atoms with van der Waals surface area (Å²) in [5.74, 6) is 6.11. The monoisotopic (exact) mass is 1140 g/mol. The van der Waals surface area contributed by atoms with E-state index in [1.165, 1.54) is 39.3 Å². The highest BCUT2D eigenvalue weighted by Gasteiger charge is 2.57. The van der Waals surface area contributed by atoms with E-state index in [1.807, 2.05) is 42.5 Å². The van der Waals surface area contributed by atoms with Crippen molar-refractivity contribution in [1.82, 2.24) is 30.2 Å². The average molecular weight is 1140 g/mol. The third kappa shape index (κ3) is 11.3. The summed E-state index contributed by atoms with van der Waals surface area (Å²) in [6.07, 6.45) is 6.02.